The Balaban J connectivity index is 2.80. The second-order valence-corrected chi connectivity index (χ2v) is 5.08. The molecule has 0 saturated heterocycles. The van der Waals surface area contributed by atoms with Gasteiger partial charge < -0.3 is 4.42 Å². The molecule has 1 aromatic heterocycles. The molecule has 0 saturated carbocycles. The molecule has 0 N–H and O–H groups in total. The SMILES string of the molecule is Cc1ccc2c(=O)oc(C(C)(C)C)nc2c1. The number of aryl methyl sites for hydroxylation is 1. The van der Waals surface area contributed by atoms with Crippen LogP contribution in [0.25, 0.3) is 10.9 Å². The number of hydrogen-bond donors (Lipinski definition) is 0. The summed E-state index contributed by atoms with van der Waals surface area (Å²) >= 11 is 0. The summed E-state index contributed by atoms with van der Waals surface area (Å²) in [5.74, 6) is 0.482. The highest BCUT2D eigenvalue weighted by Crippen LogP contribution is 2.21. The maximum atomic E-state index is 11.8. The van der Waals surface area contributed by atoms with Gasteiger partial charge in [-0.3, -0.25) is 0 Å². The summed E-state index contributed by atoms with van der Waals surface area (Å²) < 4.78 is 5.23. The van der Waals surface area contributed by atoms with Gasteiger partial charge in [-0.05, 0) is 24.6 Å². The van der Waals surface area contributed by atoms with Crippen LogP contribution in [-0.4, -0.2) is 4.98 Å². The van der Waals surface area contributed by atoms with Crippen molar-refractivity contribution in [2.45, 2.75) is 33.1 Å². The van der Waals surface area contributed by atoms with Crippen molar-refractivity contribution in [3.63, 3.8) is 0 Å². The molecule has 0 aliphatic carbocycles. The maximum absolute atomic E-state index is 11.8. The van der Waals surface area contributed by atoms with E-state index >= 15 is 0 Å². The smallest absolute Gasteiger partial charge is 0.346 e. The first-order valence-corrected chi connectivity index (χ1v) is 5.30. The summed E-state index contributed by atoms with van der Waals surface area (Å²) in [6.45, 7) is 7.90. The third-order valence-corrected chi connectivity index (χ3v) is 2.43. The number of nitrogens with zero attached hydrogens (tertiary/aromatic N) is 1. The van der Waals surface area contributed by atoms with Gasteiger partial charge in [-0.25, -0.2) is 9.78 Å². The molecular weight excluding hydrogens is 202 g/mol. The minimum Gasteiger partial charge on any atom is -0.407 e. The minimum absolute atomic E-state index is 0.253. The standard InChI is InChI=1S/C13H15NO2/c1-8-5-6-9-10(7-8)14-12(13(2,3)4)16-11(9)15/h5-7H,1-4H3. The topological polar surface area (TPSA) is 43.1 Å². The molecule has 0 radical (unpaired) electrons. The summed E-state index contributed by atoms with van der Waals surface area (Å²) in [5.41, 5.74) is 1.23. The van der Waals surface area contributed by atoms with E-state index in [1.54, 1.807) is 6.07 Å². The van der Waals surface area contributed by atoms with Gasteiger partial charge in [0.1, 0.15) is 0 Å². The molecule has 3 heteroatoms. The van der Waals surface area contributed by atoms with E-state index in [2.05, 4.69) is 4.98 Å². The van der Waals surface area contributed by atoms with E-state index in [1.807, 2.05) is 39.8 Å². The van der Waals surface area contributed by atoms with Crippen LogP contribution in [-0.2, 0) is 5.41 Å². The van der Waals surface area contributed by atoms with Crippen LogP contribution in [0.3, 0.4) is 0 Å². The fraction of sp³-hybridized carbons (Fsp3) is 0.385. The zero-order chi connectivity index (χ0) is 11.9. The van der Waals surface area contributed by atoms with Gasteiger partial charge in [-0.2, -0.15) is 0 Å². The van der Waals surface area contributed by atoms with Crippen LogP contribution >= 0.6 is 0 Å². The predicted molar refractivity (Wildman–Crippen MR) is 63.7 cm³/mol. The lowest BCUT2D eigenvalue weighted by Gasteiger charge is -2.15. The van der Waals surface area contributed by atoms with Crippen LogP contribution in [0.5, 0.6) is 0 Å². The summed E-state index contributed by atoms with van der Waals surface area (Å²) in [4.78, 5) is 16.2. The number of rotatable bonds is 0. The lowest BCUT2D eigenvalue weighted by molar-refractivity contribution is 0.360. The average Bonchev–Trinajstić information content (AvgIpc) is 2.15. The molecular formula is C13H15NO2. The molecule has 0 aliphatic rings. The van der Waals surface area contributed by atoms with Crippen molar-refractivity contribution < 1.29 is 4.42 Å². The number of benzene rings is 1. The number of hydrogen-bond acceptors (Lipinski definition) is 3. The van der Waals surface area contributed by atoms with Crippen molar-refractivity contribution in [1.82, 2.24) is 4.98 Å². The highest BCUT2D eigenvalue weighted by Gasteiger charge is 2.20. The lowest BCUT2D eigenvalue weighted by Crippen LogP contribution is -2.17. The van der Waals surface area contributed by atoms with Crippen LogP contribution in [0.15, 0.2) is 27.4 Å². The second kappa shape index (κ2) is 3.44. The van der Waals surface area contributed by atoms with Gasteiger partial charge in [-0.1, -0.05) is 26.8 Å². The molecule has 0 amide bonds. The van der Waals surface area contributed by atoms with Crippen LogP contribution in [0.2, 0.25) is 0 Å². The van der Waals surface area contributed by atoms with Gasteiger partial charge in [0.2, 0.25) is 5.89 Å². The van der Waals surface area contributed by atoms with Crippen LogP contribution in [0.1, 0.15) is 32.2 Å². The van der Waals surface area contributed by atoms with Gasteiger partial charge in [0.05, 0.1) is 10.9 Å². The molecule has 2 rings (SSSR count). The third kappa shape index (κ3) is 1.85. The molecule has 3 nitrogen and oxygen atoms in total. The van der Waals surface area contributed by atoms with E-state index in [9.17, 15) is 4.79 Å². The fourth-order valence-corrected chi connectivity index (χ4v) is 1.50. The summed E-state index contributed by atoms with van der Waals surface area (Å²) in [7, 11) is 0. The molecule has 0 spiro atoms. The van der Waals surface area contributed by atoms with Crippen molar-refractivity contribution in [3.8, 4) is 0 Å². The predicted octanol–water partition coefficient (Wildman–Crippen LogP) is 2.79. The molecule has 84 valence electrons. The van der Waals surface area contributed by atoms with Crippen molar-refractivity contribution in [2.24, 2.45) is 0 Å². The van der Waals surface area contributed by atoms with E-state index in [1.165, 1.54) is 0 Å². The molecule has 0 aliphatic heterocycles. The lowest BCUT2D eigenvalue weighted by atomic mass is 9.96. The van der Waals surface area contributed by atoms with Crippen molar-refractivity contribution >= 4 is 10.9 Å². The normalized spacial score (nSPS) is 12.0. The van der Waals surface area contributed by atoms with Crippen LogP contribution in [0.4, 0.5) is 0 Å². The van der Waals surface area contributed by atoms with E-state index in [0.29, 0.717) is 16.8 Å². The van der Waals surface area contributed by atoms with E-state index in [-0.39, 0.29) is 11.0 Å². The first kappa shape index (κ1) is 10.9. The van der Waals surface area contributed by atoms with Crippen molar-refractivity contribution in [1.29, 1.82) is 0 Å². The molecule has 0 bridgehead atoms. The monoisotopic (exact) mass is 217 g/mol. The Morgan fingerprint density at radius 2 is 1.94 bits per heavy atom. The third-order valence-electron chi connectivity index (χ3n) is 2.43. The van der Waals surface area contributed by atoms with Gasteiger partial charge in [0.25, 0.3) is 0 Å². The quantitative estimate of drug-likeness (QED) is 0.681. The first-order valence-electron chi connectivity index (χ1n) is 5.30. The van der Waals surface area contributed by atoms with Crippen LogP contribution in [0, 0.1) is 6.92 Å². The molecule has 2 aromatic rings. The minimum atomic E-state index is -0.310. The molecule has 0 fully saturated rings. The Hall–Kier alpha value is -1.64. The molecule has 16 heavy (non-hydrogen) atoms. The van der Waals surface area contributed by atoms with Gasteiger partial charge in [0, 0.05) is 5.41 Å². The zero-order valence-corrected chi connectivity index (χ0v) is 10.00. The molecule has 1 heterocycles. The Labute approximate surface area is 94.1 Å². The highest BCUT2D eigenvalue weighted by molar-refractivity contribution is 5.77. The Morgan fingerprint density at radius 1 is 1.25 bits per heavy atom. The van der Waals surface area contributed by atoms with Crippen LogP contribution < -0.4 is 5.63 Å². The maximum Gasteiger partial charge on any atom is 0.346 e. The Morgan fingerprint density at radius 3 is 2.56 bits per heavy atom. The Kier molecular flexibility index (Phi) is 2.34. The zero-order valence-electron chi connectivity index (χ0n) is 10.00. The summed E-state index contributed by atoms with van der Waals surface area (Å²) in [6.07, 6.45) is 0. The van der Waals surface area contributed by atoms with Gasteiger partial charge in [0.15, 0.2) is 0 Å². The Bertz CT molecular complexity index is 591. The number of aromatic nitrogens is 1. The van der Waals surface area contributed by atoms with Crippen molar-refractivity contribution in [3.05, 3.63) is 40.1 Å². The first-order chi connectivity index (χ1) is 7.38. The fourth-order valence-electron chi connectivity index (χ4n) is 1.50. The average molecular weight is 217 g/mol. The molecule has 1 aromatic carbocycles. The number of fused-ring (bicyclic) bond motifs is 1. The largest absolute Gasteiger partial charge is 0.407 e. The second-order valence-electron chi connectivity index (χ2n) is 5.08. The van der Waals surface area contributed by atoms with Gasteiger partial charge in [-0.15, -0.1) is 0 Å². The van der Waals surface area contributed by atoms with E-state index < -0.39 is 0 Å². The molecule has 0 atom stereocenters. The van der Waals surface area contributed by atoms with E-state index in [4.69, 9.17) is 4.42 Å². The summed E-state index contributed by atoms with van der Waals surface area (Å²) in [5, 5.41) is 0.540. The van der Waals surface area contributed by atoms with E-state index in [0.717, 1.165) is 5.56 Å². The van der Waals surface area contributed by atoms with Crippen molar-refractivity contribution in [2.75, 3.05) is 0 Å². The summed E-state index contributed by atoms with van der Waals surface area (Å²) in [6, 6.07) is 5.55. The van der Waals surface area contributed by atoms with Gasteiger partial charge >= 0.3 is 5.63 Å². The molecule has 0 unspecified atom stereocenters. The highest BCUT2D eigenvalue weighted by atomic mass is 16.4.